The molecule has 0 spiro atoms. The zero-order chi connectivity index (χ0) is 17.3. The molecular formula is C17H11Cl3N2O2. The number of esters is 1. The van der Waals surface area contributed by atoms with Crippen LogP contribution in [-0.4, -0.2) is 22.9 Å². The maximum atomic E-state index is 11.9. The molecule has 1 heterocycles. The first-order valence-electron chi connectivity index (χ1n) is 6.89. The van der Waals surface area contributed by atoms with E-state index in [9.17, 15) is 4.79 Å². The van der Waals surface area contributed by atoms with Crippen LogP contribution >= 0.6 is 34.8 Å². The van der Waals surface area contributed by atoms with Crippen LogP contribution in [0.2, 0.25) is 15.1 Å². The molecule has 1 aromatic heterocycles. The number of carbonyl (C=O) groups is 1. The van der Waals surface area contributed by atoms with Gasteiger partial charge >= 0.3 is 5.97 Å². The van der Waals surface area contributed by atoms with Crippen LogP contribution in [0.25, 0.3) is 16.9 Å². The first-order valence-corrected chi connectivity index (χ1v) is 8.02. The third kappa shape index (κ3) is 3.26. The Kier molecular flexibility index (Phi) is 4.81. The van der Waals surface area contributed by atoms with Crippen molar-refractivity contribution >= 4 is 40.8 Å². The number of aromatic nitrogens is 2. The van der Waals surface area contributed by atoms with Crippen molar-refractivity contribution in [1.29, 1.82) is 0 Å². The van der Waals surface area contributed by atoms with Gasteiger partial charge in [0.1, 0.15) is 0 Å². The van der Waals surface area contributed by atoms with Gasteiger partial charge in [-0.25, -0.2) is 9.48 Å². The smallest absolute Gasteiger partial charge is 0.358 e. The summed E-state index contributed by atoms with van der Waals surface area (Å²) in [5.74, 6) is -0.524. The van der Waals surface area contributed by atoms with Gasteiger partial charge in [-0.05, 0) is 36.4 Å². The summed E-state index contributed by atoms with van der Waals surface area (Å²) in [7, 11) is 1.31. The van der Waals surface area contributed by atoms with Crippen molar-refractivity contribution in [3.05, 3.63) is 69.3 Å². The fourth-order valence-electron chi connectivity index (χ4n) is 2.23. The van der Waals surface area contributed by atoms with Crippen molar-refractivity contribution in [2.24, 2.45) is 0 Å². The second-order valence-electron chi connectivity index (χ2n) is 4.92. The van der Waals surface area contributed by atoms with Crippen LogP contribution in [0.4, 0.5) is 0 Å². The van der Waals surface area contributed by atoms with Crippen molar-refractivity contribution in [3.8, 4) is 16.9 Å². The number of benzene rings is 2. The third-order valence-corrected chi connectivity index (χ3v) is 4.38. The van der Waals surface area contributed by atoms with Gasteiger partial charge in [-0.15, -0.1) is 0 Å². The minimum atomic E-state index is -0.524. The van der Waals surface area contributed by atoms with Crippen LogP contribution in [0.1, 0.15) is 10.5 Å². The number of methoxy groups -OCH3 is 1. The Bertz CT molecular complexity index is 905. The second-order valence-corrected chi connectivity index (χ2v) is 6.17. The molecule has 7 heteroatoms. The van der Waals surface area contributed by atoms with E-state index in [0.29, 0.717) is 26.4 Å². The first-order chi connectivity index (χ1) is 11.5. The van der Waals surface area contributed by atoms with Crippen molar-refractivity contribution in [3.63, 3.8) is 0 Å². The molecule has 4 nitrogen and oxygen atoms in total. The van der Waals surface area contributed by atoms with Crippen LogP contribution < -0.4 is 0 Å². The quantitative estimate of drug-likeness (QED) is 0.579. The maximum absolute atomic E-state index is 11.9. The van der Waals surface area contributed by atoms with Crippen molar-refractivity contribution in [1.82, 2.24) is 9.78 Å². The highest BCUT2D eigenvalue weighted by Crippen LogP contribution is 2.29. The molecule has 0 aliphatic carbocycles. The molecule has 0 saturated heterocycles. The van der Waals surface area contributed by atoms with Gasteiger partial charge in [0.2, 0.25) is 0 Å². The number of nitrogens with zero attached hydrogens (tertiary/aromatic N) is 2. The van der Waals surface area contributed by atoms with Crippen LogP contribution in [0, 0.1) is 0 Å². The molecule has 0 atom stereocenters. The summed E-state index contributed by atoms with van der Waals surface area (Å²) in [4.78, 5) is 11.9. The lowest BCUT2D eigenvalue weighted by Crippen LogP contribution is -2.04. The fourth-order valence-corrected chi connectivity index (χ4v) is 2.64. The highest BCUT2D eigenvalue weighted by Gasteiger charge is 2.17. The molecule has 0 N–H and O–H groups in total. The summed E-state index contributed by atoms with van der Waals surface area (Å²) in [6, 6.07) is 14.0. The standard InChI is InChI=1S/C17H11Cl3N2O2/c1-24-17(23)15-9-16(10-2-4-11(18)5-3-10)22(21-15)12-6-7-13(19)14(20)8-12/h2-9H,1H3. The molecule has 3 rings (SSSR count). The second kappa shape index (κ2) is 6.85. The fraction of sp³-hybridized carbons (Fsp3) is 0.0588. The molecule has 0 bridgehead atoms. The Labute approximate surface area is 153 Å². The van der Waals surface area contributed by atoms with E-state index in [2.05, 4.69) is 5.10 Å². The molecule has 122 valence electrons. The van der Waals surface area contributed by atoms with E-state index in [1.165, 1.54) is 7.11 Å². The van der Waals surface area contributed by atoms with Gasteiger partial charge in [0.05, 0.1) is 28.5 Å². The summed E-state index contributed by atoms with van der Waals surface area (Å²) in [6.07, 6.45) is 0. The number of hydrogen-bond acceptors (Lipinski definition) is 3. The summed E-state index contributed by atoms with van der Waals surface area (Å²) in [5, 5.41) is 5.78. The number of hydrogen-bond donors (Lipinski definition) is 0. The first kappa shape index (κ1) is 16.8. The third-order valence-electron chi connectivity index (χ3n) is 3.39. The van der Waals surface area contributed by atoms with Crippen LogP contribution in [0.5, 0.6) is 0 Å². The van der Waals surface area contributed by atoms with E-state index in [1.54, 1.807) is 41.1 Å². The predicted octanol–water partition coefficient (Wildman–Crippen LogP) is 5.29. The van der Waals surface area contributed by atoms with E-state index in [-0.39, 0.29) is 5.69 Å². The van der Waals surface area contributed by atoms with E-state index in [1.807, 2.05) is 12.1 Å². The lowest BCUT2D eigenvalue weighted by molar-refractivity contribution is 0.0593. The molecule has 24 heavy (non-hydrogen) atoms. The summed E-state index contributed by atoms with van der Waals surface area (Å²) < 4.78 is 6.36. The molecular weight excluding hydrogens is 371 g/mol. The van der Waals surface area contributed by atoms with E-state index < -0.39 is 5.97 Å². The molecule has 0 radical (unpaired) electrons. The largest absolute Gasteiger partial charge is 0.464 e. The summed E-state index contributed by atoms with van der Waals surface area (Å²) in [5.41, 5.74) is 2.40. The Morgan fingerprint density at radius 2 is 1.71 bits per heavy atom. The Morgan fingerprint density at radius 1 is 1.00 bits per heavy atom. The SMILES string of the molecule is COC(=O)c1cc(-c2ccc(Cl)cc2)n(-c2ccc(Cl)c(Cl)c2)n1. The lowest BCUT2D eigenvalue weighted by Gasteiger charge is -2.08. The van der Waals surface area contributed by atoms with Crippen molar-refractivity contribution in [2.45, 2.75) is 0 Å². The van der Waals surface area contributed by atoms with Crippen molar-refractivity contribution < 1.29 is 9.53 Å². The zero-order valence-electron chi connectivity index (χ0n) is 12.5. The van der Waals surface area contributed by atoms with Crippen LogP contribution in [0.15, 0.2) is 48.5 Å². The molecule has 0 amide bonds. The highest BCUT2D eigenvalue weighted by molar-refractivity contribution is 6.42. The van der Waals surface area contributed by atoms with Gasteiger partial charge in [0.25, 0.3) is 0 Å². The van der Waals surface area contributed by atoms with E-state index in [4.69, 9.17) is 39.5 Å². The number of ether oxygens (including phenoxy) is 1. The predicted molar refractivity (Wildman–Crippen MR) is 95.4 cm³/mol. The van der Waals surface area contributed by atoms with Gasteiger partial charge in [-0.2, -0.15) is 5.10 Å². The monoisotopic (exact) mass is 380 g/mol. The zero-order valence-corrected chi connectivity index (χ0v) is 14.7. The molecule has 0 saturated carbocycles. The average Bonchev–Trinajstić information content (AvgIpc) is 3.02. The maximum Gasteiger partial charge on any atom is 0.358 e. The lowest BCUT2D eigenvalue weighted by atomic mass is 10.1. The van der Waals surface area contributed by atoms with E-state index in [0.717, 1.165) is 5.56 Å². The Balaban J connectivity index is 2.19. The topological polar surface area (TPSA) is 44.1 Å². The molecule has 3 aromatic rings. The van der Waals surface area contributed by atoms with Crippen LogP contribution in [-0.2, 0) is 4.74 Å². The molecule has 0 aliphatic heterocycles. The van der Waals surface area contributed by atoms with Gasteiger partial charge in [-0.3, -0.25) is 0 Å². The number of carbonyl (C=O) groups excluding carboxylic acids is 1. The Morgan fingerprint density at radius 3 is 2.33 bits per heavy atom. The number of rotatable bonds is 3. The number of halogens is 3. The molecule has 0 unspecified atom stereocenters. The van der Waals surface area contributed by atoms with Crippen LogP contribution in [0.3, 0.4) is 0 Å². The average molecular weight is 382 g/mol. The van der Waals surface area contributed by atoms with Gasteiger partial charge < -0.3 is 4.74 Å². The van der Waals surface area contributed by atoms with Gasteiger partial charge in [0, 0.05) is 10.6 Å². The summed E-state index contributed by atoms with van der Waals surface area (Å²) in [6.45, 7) is 0. The highest BCUT2D eigenvalue weighted by atomic mass is 35.5. The van der Waals surface area contributed by atoms with E-state index >= 15 is 0 Å². The normalized spacial score (nSPS) is 10.7. The summed E-state index contributed by atoms with van der Waals surface area (Å²) >= 11 is 18.0. The minimum Gasteiger partial charge on any atom is -0.464 e. The molecule has 2 aromatic carbocycles. The van der Waals surface area contributed by atoms with Gasteiger partial charge in [0.15, 0.2) is 5.69 Å². The molecule has 0 aliphatic rings. The van der Waals surface area contributed by atoms with Crippen molar-refractivity contribution in [2.75, 3.05) is 7.11 Å². The van der Waals surface area contributed by atoms with Gasteiger partial charge in [-0.1, -0.05) is 46.9 Å². The molecule has 0 fully saturated rings. The minimum absolute atomic E-state index is 0.188. The Hall–Kier alpha value is -2.01.